The standard InChI is InChI=1S/C16H24N2O5S/c1-4-23-15-6-5-14(11-13(15)2)24(20,21)17(3)12-16(19)18-7-9-22-10-8-18/h5-6,11H,4,7-10,12H2,1-3H3. The zero-order valence-electron chi connectivity index (χ0n) is 14.3. The van der Waals surface area contributed by atoms with Crippen molar-refractivity contribution in [2.24, 2.45) is 0 Å². The SMILES string of the molecule is CCOc1ccc(S(=O)(=O)N(C)CC(=O)N2CCOCC2)cc1C. The van der Waals surface area contributed by atoms with Crippen molar-refractivity contribution in [3.8, 4) is 5.75 Å². The van der Waals surface area contributed by atoms with E-state index in [9.17, 15) is 13.2 Å². The summed E-state index contributed by atoms with van der Waals surface area (Å²) in [5.74, 6) is 0.440. The number of rotatable bonds is 6. The molecule has 0 bridgehead atoms. The second-order valence-electron chi connectivity index (χ2n) is 5.61. The molecule has 0 aromatic heterocycles. The molecule has 8 heteroatoms. The molecule has 0 spiro atoms. The van der Waals surface area contributed by atoms with Gasteiger partial charge in [-0.25, -0.2) is 8.42 Å². The molecule has 1 aromatic carbocycles. The van der Waals surface area contributed by atoms with E-state index in [4.69, 9.17) is 9.47 Å². The van der Waals surface area contributed by atoms with Crippen LogP contribution in [0.1, 0.15) is 12.5 Å². The molecule has 1 saturated heterocycles. The van der Waals surface area contributed by atoms with Crippen LogP contribution in [0.4, 0.5) is 0 Å². The summed E-state index contributed by atoms with van der Waals surface area (Å²) in [5, 5.41) is 0. The molecule has 0 unspecified atom stereocenters. The number of carbonyl (C=O) groups is 1. The van der Waals surface area contributed by atoms with Crippen molar-refractivity contribution in [1.29, 1.82) is 0 Å². The Morgan fingerprint density at radius 2 is 2.00 bits per heavy atom. The molecule has 0 radical (unpaired) electrons. The van der Waals surface area contributed by atoms with Crippen molar-refractivity contribution in [3.63, 3.8) is 0 Å². The third-order valence-electron chi connectivity index (χ3n) is 3.88. The average Bonchev–Trinajstić information content (AvgIpc) is 2.57. The second kappa shape index (κ2) is 7.96. The lowest BCUT2D eigenvalue weighted by Crippen LogP contribution is -2.46. The summed E-state index contributed by atoms with van der Waals surface area (Å²) < 4.78 is 37.0. The van der Waals surface area contributed by atoms with Crippen LogP contribution in [0.3, 0.4) is 0 Å². The maximum Gasteiger partial charge on any atom is 0.243 e. The predicted octanol–water partition coefficient (Wildman–Crippen LogP) is 0.873. The minimum Gasteiger partial charge on any atom is -0.494 e. The minimum atomic E-state index is -3.73. The van der Waals surface area contributed by atoms with Crippen LogP contribution >= 0.6 is 0 Å². The molecule has 1 aliphatic rings. The zero-order chi connectivity index (χ0) is 17.7. The Kier molecular flexibility index (Phi) is 6.20. The van der Waals surface area contributed by atoms with Crippen molar-refractivity contribution in [2.45, 2.75) is 18.7 Å². The highest BCUT2D eigenvalue weighted by atomic mass is 32.2. The van der Waals surface area contributed by atoms with Gasteiger partial charge in [-0.15, -0.1) is 0 Å². The second-order valence-corrected chi connectivity index (χ2v) is 7.66. The smallest absolute Gasteiger partial charge is 0.243 e. The van der Waals surface area contributed by atoms with Gasteiger partial charge in [0.15, 0.2) is 0 Å². The molecular formula is C16H24N2O5S. The van der Waals surface area contributed by atoms with E-state index < -0.39 is 10.0 Å². The first-order valence-corrected chi connectivity index (χ1v) is 9.35. The van der Waals surface area contributed by atoms with Gasteiger partial charge in [0.05, 0.1) is 31.3 Å². The zero-order valence-corrected chi connectivity index (χ0v) is 15.1. The number of sulfonamides is 1. The maximum absolute atomic E-state index is 12.7. The van der Waals surface area contributed by atoms with Crippen molar-refractivity contribution >= 4 is 15.9 Å². The fourth-order valence-electron chi connectivity index (χ4n) is 2.47. The first kappa shape index (κ1) is 18.7. The summed E-state index contributed by atoms with van der Waals surface area (Å²) in [7, 11) is -2.31. The van der Waals surface area contributed by atoms with Gasteiger partial charge in [-0.05, 0) is 37.6 Å². The van der Waals surface area contributed by atoms with Crippen LogP contribution < -0.4 is 4.74 Å². The van der Waals surface area contributed by atoms with Crippen molar-refractivity contribution in [1.82, 2.24) is 9.21 Å². The highest BCUT2D eigenvalue weighted by molar-refractivity contribution is 7.89. The third-order valence-corrected chi connectivity index (χ3v) is 5.68. The number of hydrogen-bond acceptors (Lipinski definition) is 5. The van der Waals surface area contributed by atoms with Crippen LogP contribution in [-0.4, -0.2) is 70.0 Å². The quantitative estimate of drug-likeness (QED) is 0.756. The number of amides is 1. The number of likely N-dealkylation sites (N-methyl/N-ethyl adjacent to an activating group) is 1. The van der Waals surface area contributed by atoms with E-state index >= 15 is 0 Å². The van der Waals surface area contributed by atoms with E-state index in [1.807, 2.05) is 6.92 Å². The lowest BCUT2D eigenvalue weighted by atomic mass is 10.2. The molecule has 0 saturated carbocycles. The molecule has 0 N–H and O–H groups in total. The van der Waals surface area contributed by atoms with Crippen LogP contribution in [0, 0.1) is 6.92 Å². The van der Waals surface area contributed by atoms with Gasteiger partial charge in [0.2, 0.25) is 15.9 Å². The largest absolute Gasteiger partial charge is 0.494 e. The Morgan fingerprint density at radius 3 is 2.58 bits per heavy atom. The van der Waals surface area contributed by atoms with E-state index in [1.54, 1.807) is 24.0 Å². The van der Waals surface area contributed by atoms with Crippen LogP contribution in [0.2, 0.25) is 0 Å². The van der Waals surface area contributed by atoms with Crippen molar-refractivity contribution in [2.75, 3.05) is 46.5 Å². The Bertz CT molecular complexity index is 684. The molecule has 1 aliphatic heterocycles. The number of benzene rings is 1. The molecule has 24 heavy (non-hydrogen) atoms. The molecule has 2 rings (SSSR count). The monoisotopic (exact) mass is 356 g/mol. The first-order valence-electron chi connectivity index (χ1n) is 7.91. The molecule has 0 atom stereocenters. The highest BCUT2D eigenvalue weighted by Gasteiger charge is 2.26. The lowest BCUT2D eigenvalue weighted by molar-refractivity contribution is -0.135. The van der Waals surface area contributed by atoms with E-state index in [0.717, 1.165) is 9.87 Å². The first-order chi connectivity index (χ1) is 11.4. The Hall–Kier alpha value is -1.64. The molecule has 1 heterocycles. The van der Waals surface area contributed by atoms with Crippen molar-refractivity contribution in [3.05, 3.63) is 23.8 Å². The topological polar surface area (TPSA) is 76.2 Å². The summed E-state index contributed by atoms with van der Waals surface area (Å²) in [6.07, 6.45) is 0. The summed E-state index contributed by atoms with van der Waals surface area (Å²) >= 11 is 0. The molecule has 1 amide bonds. The van der Waals surface area contributed by atoms with Crippen LogP contribution in [0.25, 0.3) is 0 Å². The predicted molar refractivity (Wildman–Crippen MR) is 89.6 cm³/mol. The maximum atomic E-state index is 12.7. The van der Waals surface area contributed by atoms with E-state index in [2.05, 4.69) is 0 Å². The molecule has 1 fully saturated rings. The van der Waals surface area contributed by atoms with Gasteiger partial charge in [0, 0.05) is 20.1 Å². The molecule has 1 aromatic rings. The summed E-state index contributed by atoms with van der Waals surface area (Å²) in [5.41, 5.74) is 0.742. The van der Waals surface area contributed by atoms with E-state index in [-0.39, 0.29) is 17.3 Å². The Labute approximate surface area is 143 Å². The van der Waals surface area contributed by atoms with Gasteiger partial charge >= 0.3 is 0 Å². The fraction of sp³-hybridized carbons (Fsp3) is 0.562. The molecule has 134 valence electrons. The van der Waals surface area contributed by atoms with Crippen LogP contribution in [0.15, 0.2) is 23.1 Å². The normalized spacial score (nSPS) is 15.6. The Morgan fingerprint density at radius 1 is 1.33 bits per heavy atom. The van der Waals surface area contributed by atoms with Gasteiger partial charge in [-0.1, -0.05) is 0 Å². The molecule has 0 aliphatic carbocycles. The van der Waals surface area contributed by atoms with E-state index in [0.29, 0.717) is 38.7 Å². The van der Waals surface area contributed by atoms with E-state index in [1.165, 1.54) is 13.1 Å². The van der Waals surface area contributed by atoms with Gasteiger partial charge in [-0.3, -0.25) is 4.79 Å². The number of aryl methyl sites for hydroxylation is 1. The summed E-state index contributed by atoms with van der Waals surface area (Å²) in [4.78, 5) is 14.0. The van der Waals surface area contributed by atoms with Crippen molar-refractivity contribution < 1.29 is 22.7 Å². The van der Waals surface area contributed by atoms with Gasteiger partial charge < -0.3 is 14.4 Å². The summed E-state index contributed by atoms with van der Waals surface area (Å²) in [6.45, 7) is 5.96. The number of nitrogens with zero attached hydrogens (tertiary/aromatic N) is 2. The van der Waals surface area contributed by atoms with Gasteiger partial charge in [-0.2, -0.15) is 4.31 Å². The number of ether oxygens (including phenoxy) is 2. The number of morpholine rings is 1. The van der Waals surface area contributed by atoms with Crippen LogP contribution in [0.5, 0.6) is 5.75 Å². The third kappa shape index (κ3) is 4.25. The summed E-state index contributed by atoms with van der Waals surface area (Å²) in [6, 6.07) is 4.71. The fourth-order valence-corrected chi connectivity index (χ4v) is 3.67. The average molecular weight is 356 g/mol. The van der Waals surface area contributed by atoms with Crippen LogP contribution in [-0.2, 0) is 19.6 Å². The molecular weight excluding hydrogens is 332 g/mol. The minimum absolute atomic E-state index is 0.153. The Balaban J connectivity index is 2.10. The van der Waals surface area contributed by atoms with Gasteiger partial charge in [0.1, 0.15) is 5.75 Å². The lowest BCUT2D eigenvalue weighted by Gasteiger charge is -2.28. The number of carbonyl (C=O) groups excluding carboxylic acids is 1. The molecule has 7 nitrogen and oxygen atoms in total. The van der Waals surface area contributed by atoms with Gasteiger partial charge in [0.25, 0.3) is 0 Å². The number of hydrogen-bond donors (Lipinski definition) is 0. The highest BCUT2D eigenvalue weighted by Crippen LogP contribution is 2.23.